The third kappa shape index (κ3) is 2.50. The van der Waals surface area contributed by atoms with Crippen molar-refractivity contribution in [2.24, 2.45) is 0 Å². The van der Waals surface area contributed by atoms with Crippen LogP contribution in [0, 0.1) is 0 Å². The minimum Gasteiger partial charge on any atom is -0.444 e. The van der Waals surface area contributed by atoms with Gasteiger partial charge < -0.3 is 9.32 Å². The molecular weight excluding hydrogens is 300 g/mol. The van der Waals surface area contributed by atoms with Crippen molar-refractivity contribution in [2.45, 2.75) is 18.9 Å². The second-order valence-corrected chi connectivity index (χ2v) is 6.11. The number of aryl methyl sites for hydroxylation is 1. The number of hydrogen-bond acceptors (Lipinski definition) is 3. The number of fused-ring (bicyclic) bond motifs is 1. The average Bonchev–Trinajstić information content (AvgIpc) is 3.30. The zero-order chi connectivity index (χ0) is 16.5. The van der Waals surface area contributed by atoms with Crippen molar-refractivity contribution < 1.29 is 9.21 Å². The molecule has 0 bridgehead atoms. The van der Waals surface area contributed by atoms with Crippen LogP contribution >= 0.6 is 0 Å². The molecule has 120 valence electrons. The van der Waals surface area contributed by atoms with E-state index in [-0.39, 0.29) is 11.9 Å². The summed E-state index contributed by atoms with van der Waals surface area (Å²) in [5, 5.41) is 0. The second-order valence-electron chi connectivity index (χ2n) is 6.11. The van der Waals surface area contributed by atoms with Gasteiger partial charge in [-0.25, -0.2) is 4.98 Å². The van der Waals surface area contributed by atoms with Gasteiger partial charge in [0, 0.05) is 18.2 Å². The Labute approximate surface area is 140 Å². The molecule has 1 atom stereocenters. The number of carbonyl (C=O) groups excluding carboxylic acids is 1. The topological polar surface area (TPSA) is 46.3 Å². The molecule has 0 saturated heterocycles. The van der Waals surface area contributed by atoms with Crippen LogP contribution in [0.2, 0.25) is 0 Å². The van der Waals surface area contributed by atoms with Crippen molar-refractivity contribution in [1.29, 1.82) is 0 Å². The summed E-state index contributed by atoms with van der Waals surface area (Å²) < 4.78 is 5.28. The van der Waals surface area contributed by atoms with Crippen molar-refractivity contribution in [1.82, 2.24) is 9.88 Å². The number of rotatable bonds is 3. The molecule has 4 nitrogen and oxygen atoms in total. The maximum Gasteiger partial charge on any atom is 0.254 e. The van der Waals surface area contributed by atoms with Gasteiger partial charge >= 0.3 is 0 Å². The number of nitrogens with zero attached hydrogens (tertiary/aromatic N) is 2. The predicted molar refractivity (Wildman–Crippen MR) is 91.5 cm³/mol. The van der Waals surface area contributed by atoms with E-state index in [1.165, 1.54) is 17.5 Å². The van der Waals surface area contributed by atoms with Crippen LogP contribution in [0.15, 0.2) is 65.5 Å². The van der Waals surface area contributed by atoms with E-state index in [1.807, 2.05) is 42.3 Å². The molecule has 1 aliphatic rings. The molecule has 1 heterocycles. The first-order valence-electron chi connectivity index (χ1n) is 8.08. The van der Waals surface area contributed by atoms with E-state index in [0.29, 0.717) is 11.3 Å². The van der Waals surface area contributed by atoms with Crippen LogP contribution in [0.25, 0.3) is 11.3 Å². The zero-order valence-corrected chi connectivity index (χ0v) is 13.5. The van der Waals surface area contributed by atoms with E-state index < -0.39 is 0 Å². The van der Waals surface area contributed by atoms with Crippen LogP contribution in [-0.4, -0.2) is 22.8 Å². The fourth-order valence-electron chi connectivity index (χ4n) is 3.42. The Hall–Kier alpha value is -2.88. The Bertz CT molecular complexity index is 854. The predicted octanol–water partition coefficient (Wildman–Crippen LogP) is 4.10. The standard InChI is InChI=1S/C20H18N2O2/c1-22(18-11-10-14-4-2-3-5-17(14)18)20(23)16-8-6-15(7-9-16)19-12-21-13-24-19/h2-9,12-13,18H,10-11H2,1H3. The van der Waals surface area contributed by atoms with Crippen LogP contribution < -0.4 is 0 Å². The molecule has 0 N–H and O–H groups in total. The highest BCUT2D eigenvalue weighted by Crippen LogP contribution is 2.35. The van der Waals surface area contributed by atoms with Crippen LogP contribution in [-0.2, 0) is 6.42 Å². The van der Waals surface area contributed by atoms with Crippen LogP contribution in [0.3, 0.4) is 0 Å². The van der Waals surface area contributed by atoms with E-state index in [0.717, 1.165) is 18.4 Å². The average molecular weight is 318 g/mol. The summed E-state index contributed by atoms with van der Waals surface area (Å²) in [5.74, 6) is 0.743. The Morgan fingerprint density at radius 3 is 2.71 bits per heavy atom. The number of oxazole rings is 1. The van der Waals surface area contributed by atoms with Gasteiger partial charge in [-0.2, -0.15) is 0 Å². The lowest BCUT2D eigenvalue weighted by Crippen LogP contribution is -2.30. The van der Waals surface area contributed by atoms with Gasteiger partial charge in [-0.1, -0.05) is 36.4 Å². The van der Waals surface area contributed by atoms with Crippen LogP contribution in [0.1, 0.15) is 33.9 Å². The molecule has 0 aliphatic heterocycles. The summed E-state index contributed by atoms with van der Waals surface area (Å²) in [7, 11) is 1.89. The SMILES string of the molecule is CN(C(=O)c1ccc(-c2cnco2)cc1)C1CCc2ccccc21. The first-order chi connectivity index (χ1) is 11.7. The normalized spacial score (nSPS) is 16.0. The molecular formula is C20H18N2O2. The molecule has 1 unspecified atom stereocenters. The van der Waals surface area contributed by atoms with Gasteiger partial charge in [0.2, 0.25) is 0 Å². The zero-order valence-electron chi connectivity index (χ0n) is 13.5. The van der Waals surface area contributed by atoms with Gasteiger partial charge in [0.15, 0.2) is 12.2 Å². The molecule has 0 fully saturated rings. The maximum atomic E-state index is 12.8. The first kappa shape index (κ1) is 14.7. The summed E-state index contributed by atoms with van der Waals surface area (Å²) in [6, 6.07) is 16.0. The van der Waals surface area contributed by atoms with Gasteiger partial charge in [0.1, 0.15) is 0 Å². The lowest BCUT2D eigenvalue weighted by molar-refractivity contribution is 0.0730. The van der Waals surface area contributed by atoms with Gasteiger partial charge in [-0.3, -0.25) is 4.79 Å². The minimum absolute atomic E-state index is 0.0424. The Balaban J connectivity index is 1.55. The molecule has 1 aromatic heterocycles. The number of aromatic nitrogens is 1. The fourth-order valence-corrected chi connectivity index (χ4v) is 3.42. The lowest BCUT2D eigenvalue weighted by atomic mass is 10.1. The molecule has 4 heteroatoms. The van der Waals surface area contributed by atoms with Gasteiger partial charge in [0.25, 0.3) is 5.91 Å². The Kier molecular flexibility index (Phi) is 3.65. The third-order valence-corrected chi connectivity index (χ3v) is 4.74. The summed E-state index contributed by atoms with van der Waals surface area (Å²) >= 11 is 0. The smallest absolute Gasteiger partial charge is 0.254 e. The highest BCUT2D eigenvalue weighted by atomic mass is 16.3. The van der Waals surface area contributed by atoms with Crippen LogP contribution in [0.4, 0.5) is 0 Å². The molecule has 3 aromatic rings. The van der Waals surface area contributed by atoms with Crippen molar-refractivity contribution >= 4 is 5.91 Å². The number of carbonyl (C=O) groups is 1. The summed E-state index contributed by atoms with van der Waals surface area (Å²) in [5.41, 5.74) is 4.22. The highest BCUT2D eigenvalue weighted by Gasteiger charge is 2.28. The lowest BCUT2D eigenvalue weighted by Gasteiger charge is -2.25. The molecule has 0 spiro atoms. The van der Waals surface area contributed by atoms with Crippen molar-refractivity contribution in [2.75, 3.05) is 7.05 Å². The minimum atomic E-state index is 0.0424. The van der Waals surface area contributed by atoms with Crippen molar-refractivity contribution in [3.05, 3.63) is 77.8 Å². The van der Waals surface area contributed by atoms with E-state index >= 15 is 0 Å². The van der Waals surface area contributed by atoms with Gasteiger partial charge in [-0.15, -0.1) is 0 Å². The van der Waals surface area contributed by atoms with E-state index in [9.17, 15) is 4.79 Å². The summed E-state index contributed by atoms with van der Waals surface area (Å²) in [6.45, 7) is 0. The Morgan fingerprint density at radius 1 is 1.17 bits per heavy atom. The van der Waals surface area contributed by atoms with E-state index in [1.54, 1.807) is 6.20 Å². The van der Waals surface area contributed by atoms with Gasteiger partial charge in [-0.05, 0) is 36.1 Å². The van der Waals surface area contributed by atoms with E-state index in [4.69, 9.17) is 4.42 Å². The molecule has 1 aliphatic carbocycles. The largest absolute Gasteiger partial charge is 0.444 e. The fraction of sp³-hybridized carbons (Fsp3) is 0.200. The molecule has 0 radical (unpaired) electrons. The monoisotopic (exact) mass is 318 g/mol. The molecule has 4 rings (SSSR count). The second kappa shape index (κ2) is 5.96. The quantitative estimate of drug-likeness (QED) is 0.730. The van der Waals surface area contributed by atoms with Crippen molar-refractivity contribution in [3.8, 4) is 11.3 Å². The van der Waals surface area contributed by atoms with Crippen LogP contribution in [0.5, 0.6) is 0 Å². The molecule has 1 amide bonds. The van der Waals surface area contributed by atoms with Gasteiger partial charge in [0.05, 0.1) is 12.2 Å². The number of benzene rings is 2. The highest BCUT2D eigenvalue weighted by molar-refractivity contribution is 5.94. The molecule has 2 aromatic carbocycles. The van der Waals surface area contributed by atoms with E-state index in [2.05, 4.69) is 23.2 Å². The first-order valence-corrected chi connectivity index (χ1v) is 8.08. The third-order valence-electron chi connectivity index (χ3n) is 4.74. The summed E-state index contributed by atoms with van der Waals surface area (Å²) in [4.78, 5) is 18.6. The maximum absolute atomic E-state index is 12.8. The number of hydrogen-bond donors (Lipinski definition) is 0. The molecule has 24 heavy (non-hydrogen) atoms. The molecule has 0 saturated carbocycles. The number of amides is 1. The van der Waals surface area contributed by atoms with Crippen molar-refractivity contribution in [3.63, 3.8) is 0 Å². The Morgan fingerprint density at radius 2 is 1.96 bits per heavy atom. The summed E-state index contributed by atoms with van der Waals surface area (Å²) in [6.07, 6.45) is 5.08.